The summed E-state index contributed by atoms with van der Waals surface area (Å²) in [5.41, 5.74) is 0.305. The highest BCUT2D eigenvalue weighted by Gasteiger charge is 2.23. The number of amides is 1. The number of ether oxygens (including phenoxy) is 1. The van der Waals surface area contributed by atoms with E-state index < -0.39 is 28.5 Å². The van der Waals surface area contributed by atoms with Gasteiger partial charge in [-0.25, -0.2) is 13.2 Å². The number of sulfonamides is 1. The molecular weight excluding hydrogens is 336 g/mol. The van der Waals surface area contributed by atoms with Crippen molar-refractivity contribution in [3.05, 3.63) is 29.8 Å². The lowest BCUT2D eigenvalue weighted by molar-refractivity contribution is -0.142. The lowest BCUT2D eigenvalue weighted by Gasteiger charge is -2.21. The number of hydrogen-bond acceptors (Lipinski definition) is 5. The van der Waals surface area contributed by atoms with E-state index in [9.17, 15) is 18.0 Å². The normalized spacial score (nSPS) is 11.7. The molecule has 8 nitrogen and oxygen atoms in total. The van der Waals surface area contributed by atoms with Crippen LogP contribution < -0.4 is 5.32 Å². The Morgan fingerprint density at radius 3 is 2.33 bits per heavy atom. The molecule has 0 aromatic heterocycles. The summed E-state index contributed by atoms with van der Waals surface area (Å²) in [6.07, 6.45) is 0. The summed E-state index contributed by atoms with van der Waals surface area (Å²) in [5, 5.41) is 11.0. The van der Waals surface area contributed by atoms with E-state index in [1.807, 2.05) is 0 Å². The zero-order valence-corrected chi connectivity index (χ0v) is 14.7. The van der Waals surface area contributed by atoms with E-state index in [4.69, 9.17) is 9.84 Å². The molecule has 0 aliphatic carbocycles. The Kier molecular flexibility index (Phi) is 7.33. The Bertz CT molecular complexity index is 670. The minimum Gasteiger partial charge on any atom is -0.480 e. The molecule has 0 aliphatic heterocycles. The van der Waals surface area contributed by atoms with Gasteiger partial charge >= 0.3 is 5.97 Å². The third-order valence-electron chi connectivity index (χ3n) is 3.28. The molecule has 0 bridgehead atoms. The van der Waals surface area contributed by atoms with E-state index in [1.165, 1.54) is 35.6 Å². The van der Waals surface area contributed by atoms with Crippen LogP contribution in [-0.2, 0) is 19.6 Å². The molecule has 1 amide bonds. The van der Waals surface area contributed by atoms with Crippen LogP contribution in [0.2, 0.25) is 0 Å². The Morgan fingerprint density at radius 2 is 1.83 bits per heavy atom. The smallest absolute Gasteiger partial charge is 0.329 e. The van der Waals surface area contributed by atoms with Crippen molar-refractivity contribution in [2.45, 2.75) is 24.8 Å². The highest BCUT2D eigenvalue weighted by Crippen LogP contribution is 2.17. The first-order valence-corrected chi connectivity index (χ1v) is 8.76. The van der Waals surface area contributed by atoms with Crippen molar-refractivity contribution in [3.8, 4) is 0 Å². The minimum absolute atomic E-state index is 0.0731. The second-order valence-electron chi connectivity index (χ2n) is 5.34. The number of carbonyl (C=O) groups is 2. The van der Waals surface area contributed by atoms with Crippen LogP contribution >= 0.6 is 0 Å². The molecule has 0 fully saturated rings. The first-order chi connectivity index (χ1) is 11.2. The fraction of sp³-hybridized carbons (Fsp3) is 0.467. The molecular formula is C15H22N2O6S. The molecule has 0 unspecified atom stereocenters. The average Bonchev–Trinajstić information content (AvgIpc) is 2.53. The fourth-order valence-electron chi connectivity index (χ4n) is 1.72. The van der Waals surface area contributed by atoms with Gasteiger partial charge in [0.1, 0.15) is 6.61 Å². The topological polar surface area (TPSA) is 113 Å². The summed E-state index contributed by atoms with van der Waals surface area (Å²) in [6, 6.07) is 5.43. The minimum atomic E-state index is -3.59. The second-order valence-corrected chi connectivity index (χ2v) is 7.34. The van der Waals surface area contributed by atoms with Gasteiger partial charge in [-0.3, -0.25) is 4.79 Å². The number of rotatable bonds is 9. The summed E-state index contributed by atoms with van der Waals surface area (Å²) >= 11 is 0. The van der Waals surface area contributed by atoms with E-state index in [-0.39, 0.29) is 24.1 Å². The Labute approximate surface area is 141 Å². The Hall–Kier alpha value is -1.97. The molecule has 0 atom stereocenters. The number of hydrogen-bond donors (Lipinski definition) is 2. The number of nitrogens with one attached hydrogen (secondary N) is 1. The van der Waals surface area contributed by atoms with Gasteiger partial charge < -0.3 is 15.2 Å². The van der Waals surface area contributed by atoms with Crippen LogP contribution in [0, 0.1) is 0 Å². The molecule has 0 saturated heterocycles. The molecule has 0 spiro atoms. The molecule has 0 radical (unpaired) electrons. The van der Waals surface area contributed by atoms with E-state index in [0.717, 1.165) is 0 Å². The van der Waals surface area contributed by atoms with E-state index in [2.05, 4.69) is 5.32 Å². The summed E-state index contributed by atoms with van der Waals surface area (Å²) < 4.78 is 30.7. The number of carboxylic acid groups (broad SMARTS) is 1. The number of carboxylic acids is 1. The maximum Gasteiger partial charge on any atom is 0.329 e. The van der Waals surface area contributed by atoms with Crippen LogP contribution in [0.3, 0.4) is 0 Å². The van der Waals surface area contributed by atoms with Gasteiger partial charge in [0.05, 0.1) is 11.5 Å². The number of aliphatic carboxylic acids is 1. The summed E-state index contributed by atoms with van der Waals surface area (Å²) in [4.78, 5) is 22.3. The molecule has 0 heterocycles. The van der Waals surface area contributed by atoms with Crippen molar-refractivity contribution in [2.24, 2.45) is 0 Å². The van der Waals surface area contributed by atoms with Crippen LogP contribution in [-0.4, -0.2) is 62.6 Å². The van der Waals surface area contributed by atoms with Crippen LogP contribution in [0.15, 0.2) is 29.2 Å². The fourth-order valence-corrected chi connectivity index (χ4v) is 3.09. The first kappa shape index (κ1) is 20.1. The van der Waals surface area contributed by atoms with Gasteiger partial charge in [0.15, 0.2) is 0 Å². The van der Waals surface area contributed by atoms with Crippen molar-refractivity contribution >= 4 is 21.9 Å². The summed E-state index contributed by atoms with van der Waals surface area (Å²) in [5.74, 6) is -1.47. The molecule has 2 N–H and O–H groups in total. The van der Waals surface area contributed by atoms with Gasteiger partial charge in [-0.1, -0.05) is 0 Å². The van der Waals surface area contributed by atoms with E-state index in [1.54, 1.807) is 13.8 Å². The van der Waals surface area contributed by atoms with E-state index in [0.29, 0.717) is 5.56 Å². The quantitative estimate of drug-likeness (QED) is 0.623. The number of benzene rings is 1. The van der Waals surface area contributed by atoms with E-state index >= 15 is 0 Å². The maximum atomic E-state index is 12.3. The van der Waals surface area contributed by atoms with Crippen molar-refractivity contribution in [1.29, 1.82) is 0 Å². The van der Waals surface area contributed by atoms with Gasteiger partial charge in [0.25, 0.3) is 5.91 Å². The lowest BCUT2D eigenvalue weighted by Crippen LogP contribution is -2.33. The standard InChI is InChI=1S/C15H22N2O6S/c1-11(2)17(3)24(21,22)13-6-4-12(5-7-13)15(20)16-8-9-23-10-14(18)19/h4-7,11H,8-10H2,1-3H3,(H,16,20)(H,18,19). The zero-order chi connectivity index (χ0) is 18.3. The molecule has 0 aliphatic rings. The monoisotopic (exact) mass is 358 g/mol. The summed E-state index contributed by atoms with van der Waals surface area (Å²) in [6.45, 7) is 3.34. The Balaban J connectivity index is 2.64. The van der Waals surface area contributed by atoms with Crippen molar-refractivity contribution < 1.29 is 27.9 Å². The zero-order valence-electron chi connectivity index (χ0n) is 13.9. The average molecular weight is 358 g/mol. The largest absolute Gasteiger partial charge is 0.480 e. The van der Waals surface area contributed by atoms with Crippen molar-refractivity contribution in [3.63, 3.8) is 0 Å². The second kappa shape index (κ2) is 8.76. The van der Waals surface area contributed by atoms with Gasteiger partial charge in [0.2, 0.25) is 10.0 Å². The third kappa shape index (κ3) is 5.59. The molecule has 1 rings (SSSR count). The maximum absolute atomic E-state index is 12.3. The van der Waals surface area contributed by atoms with Crippen molar-refractivity contribution in [2.75, 3.05) is 26.8 Å². The molecule has 1 aromatic carbocycles. The molecule has 134 valence electrons. The van der Waals surface area contributed by atoms with Crippen LogP contribution in [0.1, 0.15) is 24.2 Å². The van der Waals surface area contributed by atoms with Gasteiger partial charge in [-0.05, 0) is 38.1 Å². The van der Waals surface area contributed by atoms with Crippen LogP contribution in [0.4, 0.5) is 0 Å². The van der Waals surface area contributed by atoms with Crippen LogP contribution in [0.5, 0.6) is 0 Å². The molecule has 24 heavy (non-hydrogen) atoms. The predicted molar refractivity (Wildman–Crippen MR) is 87.3 cm³/mol. The van der Waals surface area contributed by atoms with Gasteiger partial charge in [-0.2, -0.15) is 4.31 Å². The third-order valence-corrected chi connectivity index (χ3v) is 5.33. The van der Waals surface area contributed by atoms with Crippen LogP contribution in [0.25, 0.3) is 0 Å². The molecule has 9 heteroatoms. The van der Waals surface area contributed by atoms with Crippen molar-refractivity contribution in [1.82, 2.24) is 9.62 Å². The SMILES string of the molecule is CC(C)N(C)S(=O)(=O)c1ccc(C(=O)NCCOCC(=O)O)cc1. The van der Waals surface area contributed by atoms with Gasteiger partial charge in [0, 0.05) is 25.2 Å². The number of nitrogens with zero attached hydrogens (tertiary/aromatic N) is 1. The Morgan fingerprint density at radius 1 is 1.25 bits per heavy atom. The van der Waals surface area contributed by atoms with Gasteiger partial charge in [-0.15, -0.1) is 0 Å². The first-order valence-electron chi connectivity index (χ1n) is 7.32. The number of carbonyl (C=O) groups excluding carboxylic acids is 1. The molecule has 1 aromatic rings. The molecule has 0 saturated carbocycles. The summed E-state index contributed by atoms with van der Waals surface area (Å²) in [7, 11) is -2.09. The lowest BCUT2D eigenvalue weighted by atomic mass is 10.2. The predicted octanol–water partition coefficient (Wildman–Crippen LogP) is 0.547. The highest BCUT2D eigenvalue weighted by molar-refractivity contribution is 7.89. The highest BCUT2D eigenvalue weighted by atomic mass is 32.2.